The third kappa shape index (κ3) is 5.57. The SMILES string of the molecule is CCN(CC)S(=O)(=O)c1ccc(NC(=O)COC(=O)c2cn(CC)c3nc(C)ccc3c2=O)cc1. The van der Waals surface area contributed by atoms with E-state index >= 15 is 0 Å². The Kier molecular flexibility index (Phi) is 8.03. The maximum atomic E-state index is 12.8. The Morgan fingerprint density at radius 3 is 2.31 bits per heavy atom. The van der Waals surface area contributed by atoms with Gasteiger partial charge in [0, 0.05) is 37.2 Å². The van der Waals surface area contributed by atoms with Crippen LogP contribution in [0.3, 0.4) is 0 Å². The number of fused-ring (bicyclic) bond motifs is 1. The highest BCUT2D eigenvalue weighted by atomic mass is 32.2. The Balaban J connectivity index is 1.69. The number of aryl methyl sites for hydroxylation is 2. The molecule has 1 N–H and O–H groups in total. The van der Waals surface area contributed by atoms with Gasteiger partial charge in [-0.2, -0.15) is 4.31 Å². The van der Waals surface area contributed by atoms with Gasteiger partial charge in [0.25, 0.3) is 5.91 Å². The number of carbonyl (C=O) groups excluding carboxylic acids is 2. The van der Waals surface area contributed by atoms with Gasteiger partial charge in [-0.15, -0.1) is 0 Å². The number of nitrogens with zero attached hydrogens (tertiary/aromatic N) is 3. The number of aromatic nitrogens is 2. The summed E-state index contributed by atoms with van der Waals surface area (Å²) in [7, 11) is -3.61. The van der Waals surface area contributed by atoms with Crippen LogP contribution in [-0.4, -0.2) is 53.8 Å². The van der Waals surface area contributed by atoms with E-state index in [1.165, 1.54) is 34.8 Å². The predicted molar refractivity (Wildman–Crippen MR) is 132 cm³/mol. The van der Waals surface area contributed by atoms with E-state index in [9.17, 15) is 22.8 Å². The van der Waals surface area contributed by atoms with Crippen molar-refractivity contribution < 1.29 is 22.7 Å². The molecule has 0 aliphatic rings. The number of carbonyl (C=O) groups is 2. The minimum absolute atomic E-state index is 0.110. The number of benzene rings is 1. The van der Waals surface area contributed by atoms with Gasteiger partial charge < -0.3 is 14.6 Å². The van der Waals surface area contributed by atoms with E-state index in [1.54, 1.807) is 30.5 Å². The molecule has 2 aromatic heterocycles. The summed E-state index contributed by atoms with van der Waals surface area (Å²) < 4.78 is 33.2. The average molecular weight is 501 g/mol. The summed E-state index contributed by atoms with van der Waals surface area (Å²) in [4.78, 5) is 42.1. The van der Waals surface area contributed by atoms with Crippen LogP contribution in [-0.2, 0) is 26.1 Å². The fraction of sp³-hybridized carbons (Fsp3) is 0.333. The molecule has 0 spiro atoms. The van der Waals surface area contributed by atoms with Crippen LogP contribution < -0.4 is 10.7 Å². The topological polar surface area (TPSA) is 128 Å². The van der Waals surface area contributed by atoms with Crippen molar-refractivity contribution in [2.75, 3.05) is 25.0 Å². The molecule has 186 valence electrons. The standard InChI is InChI=1S/C24H28N4O6S/c1-5-27-14-20(22(30)19-13-8-16(4)25-23(19)27)24(31)34-15-21(29)26-17-9-11-18(12-10-17)35(32,33)28(6-2)7-3/h8-14H,5-7,15H2,1-4H3,(H,26,29). The molecule has 0 atom stereocenters. The highest BCUT2D eigenvalue weighted by Crippen LogP contribution is 2.18. The van der Waals surface area contributed by atoms with Crippen molar-refractivity contribution in [1.82, 2.24) is 13.9 Å². The van der Waals surface area contributed by atoms with Crippen molar-refractivity contribution in [2.24, 2.45) is 0 Å². The molecule has 0 unspecified atom stereocenters. The van der Waals surface area contributed by atoms with Crippen LogP contribution >= 0.6 is 0 Å². The lowest BCUT2D eigenvalue weighted by Gasteiger charge is -2.18. The number of ether oxygens (including phenoxy) is 1. The molecule has 2 heterocycles. The second-order valence-electron chi connectivity index (χ2n) is 7.72. The van der Waals surface area contributed by atoms with E-state index in [0.717, 1.165) is 5.69 Å². The minimum Gasteiger partial charge on any atom is -0.452 e. The first-order chi connectivity index (χ1) is 16.6. The van der Waals surface area contributed by atoms with Crippen molar-refractivity contribution in [3.63, 3.8) is 0 Å². The van der Waals surface area contributed by atoms with E-state index in [2.05, 4.69) is 10.3 Å². The molecule has 35 heavy (non-hydrogen) atoms. The van der Waals surface area contributed by atoms with Gasteiger partial charge in [-0.05, 0) is 50.2 Å². The second kappa shape index (κ2) is 10.8. The lowest BCUT2D eigenvalue weighted by molar-refractivity contribution is -0.119. The molecule has 3 rings (SSSR count). The zero-order valence-electron chi connectivity index (χ0n) is 20.1. The third-order valence-electron chi connectivity index (χ3n) is 5.44. The van der Waals surface area contributed by atoms with Crippen LogP contribution in [0.15, 0.2) is 52.3 Å². The van der Waals surface area contributed by atoms with Crippen molar-refractivity contribution in [1.29, 1.82) is 0 Å². The van der Waals surface area contributed by atoms with E-state index in [1.807, 2.05) is 13.8 Å². The summed E-state index contributed by atoms with van der Waals surface area (Å²) in [5.74, 6) is -1.55. The number of rotatable bonds is 9. The zero-order chi connectivity index (χ0) is 25.8. The van der Waals surface area contributed by atoms with Gasteiger partial charge in [0.1, 0.15) is 11.2 Å². The van der Waals surface area contributed by atoms with Crippen LogP contribution in [0.25, 0.3) is 11.0 Å². The molecule has 0 saturated heterocycles. The number of nitrogens with one attached hydrogen (secondary N) is 1. The minimum atomic E-state index is -3.61. The molecule has 0 aliphatic carbocycles. The van der Waals surface area contributed by atoms with Crippen molar-refractivity contribution >= 4 is 38.6 Å². The van der Waals surface area contributed by atoms with Gasteiger partial charge in [-0.25, -0.2) is 18.2 Å². The molecule has 10 nitrogen and oxygen atoms in total. The Bertz CT molecular complexity index is 1410. The average Bonchev–Trinajstić information content (AvgIpc) is 2.83. The summed E-state index contributed by atoms with van der Waals surface area (Å²) in [6.45, 7) is 7.73. The molecule has 0 fully saturated rings. The Hall–Kier alpha value is -3.57. The first-order valence-electron chi connectivity index (χ1n) is 11.2. The monoisotopic (exact) mass is 500 g/mol. The largest absolute Gasteiger partial charge is 0.452 e. The normalized spacial score (nSPS) is 11.6. The van der Waals surface area contributed by atoms with Gasteiger partial charge >= 0.3 is 5.97 Å². The molecule has 1 amide bonds. The van der Waals surface area contributed by atoms with Gasteiger partial charge in [0.15, 0.2) is 6.61 Å². The molecule has 11 heteroatoms. The number of pyridine rings is 2. The summed E-state index contributed by atoms with van der Waals surface area (Å²) in [5, 5.41) is 2.83. The molecule has 0 radical (unpaired) electrons. The number of sulfonamides is 1. The number of hydrogen-bond acceptors (Lipinski definition) is 7. The predicted octanol–water partition coefficient (Wildman–Crippen LogP) is 2.55. The number of hydrogen-bond donors (Lipinski definition) is 1. The molecular weight excluding hydrogens is 472 g/mol. The van der Waals surface area contributed by atoms with E-state index in [4.69, 9.17) is 4.74 Å². The van der Waals surface area contributed by atoms with Crippen molar-refractivity contribution in [3.8, 4) is 0 Å². The van der Waals surface area contributed by atoms with Crippen LogP contribution in [0.2, 0.25) is 0 Å². The van der Waals surface area contributed by atoms with E-state index in [-0.39, 0.29) is 15.8 Å². The Morgan fingerprint density at radius 1 is 1.06 bits per heavy atom. The van der Waals surface area contributed by atoms with Gasteiger partial charge in [-0.1, -0.05) is 13.8 Å². The quantitative estimate of drug-likeness (QED) is 0.447. The van der Waals surface area contributed by atoms with Crippen molar-refractivity contribution in [3.05, 3.63) is 64.1 Å². The van der Waals surface area contributed by atoms with Crippen molar-refractivity contribution in [2.45, 2.75) is 39.1 Å². The highest BCUT2D eigenvalue weighted by Gasteiger charge is 2.22. The van der Waals surface area contributed by atoms with Gasteiger partial charge in [-0.3, -0.25) is 9.59 Å². The molecule has 3 aromatic rings. The fourth-order valence-corrected chi connectivity index (χ4v) is 5.03. The Morgan fingerprint density at radius 2 is 1.71 bits per heavy atom. The number of anilines is 1. The maximum absolute atomic E-state index is 12.8. The fourth-order valence-electron chi connectivity index (χ4n) is 3.58. The number of amides is 1. The maximum Gasteiger partial charge on any atom is 0.344 e. The molecule has 0 saturated carbocycles. The van der Waals surface area contributed by atoms with Crippen LogP contribution in [0, 0.1) is 6.92 Å². The summed E-state index contributed by atoms with van der Waals surface area (Å²) in [5.41, 5.74) is 0.837. The third-order valence-corrected chi connectivity index (χ3v) is 7.50. The Labute approximate surface area is 203 Å². The number of esters is 1. The van der Waals surface area contributed by atoms with Gasteiger partial charge in [0.05, 0.1) is 10.3 Å². The van der Waals surface area contributed by atoms with Crippen LogP contribution in [0.1, 0.15) is 36.8 Å². The van der Waals surface area contributed by atoms with E-state index in [0.29, 0.717) is 31.0 Å². The molecular formula is C24H28N4O6S. The van der Waals surface area contributed by atoms with Gasteiger partial charge in [0.2, 0.25) is 15.5 Å². The summed E-state index contributed by atoms with van der Waals surface area (Å²) >= 11 is 0. The second-order valence-corrected chi connectivity index (χ2v) is 9.66. The summed E-state index contributed by atoms with van der Waals surface area (Å²) in [6.07, 6.45) is 1.38. The molecule has 0 bridgehead atoms. The molecule has 0 aliphatic heterocycles. The zero-order valence-corrected chi connectivity index (χ0v) is 20.9. The highest BCUT2D eigenvalue weighted by molar-refractivity contribution is 7.89. The lowest BCUT2D eigenvalue weighted by Crippen LogP contribution is -2.30. The van der Waals surface area contributed by atoms with Crippen LogP contribution in [0.5, 0.6) is 0 Å². The summed E-state index contributed by atoms with van der Waals surface area (Å²) in [6, 6.07) is 8.99. The first-order valence-corrected chi connectivity index (χ1v) is 12.6. The smallest absolute Gasteiger partial charge is 0.344 e. The van der Waals surface area contributed by atoms with Crippen LogP contribution in [0.4, 0.5) is 5.69 Å². The van der Waals surface area contributed by atoms with E-state index < -0.39 is 33.9 Å². The molecule has 1 aromatic carbocycles. The lowest BCUT2D eigenvalue weighted by atomic mass is 10.2. The first kappa shape index (κ1) is 26.0.